The molecule has 1 aliphatic rings. The van der Waals surface area contributed by atoms with Gasteiger partial charge in [0.05, 0.1) is 18.3 Å². The van der Waals surface area contributed by atoms with E-state index in [4.69, 9.17) is 10.5 Å². The molecule has 0 unspecified atom stereocenters. The Morgan fingerprint density at radius 1 is 1.43 bits per heavy atom. The lowest BCUT2D eigenvalue weighted by Gasteiger charge is -2.25. The monoisotopic (exact) mass is 316 g/mol. The molecule has 3 rings (SSSR count). The van der Waals surface area contributed by atoms with Gasteiger partial charge in [0.1, 0.15) is 5.82 Å². The molecule has 0 amide bonds. The molecule has 5 nitrogen and oxygen atoms in total. The Morgan fingerprint density at radius 3 is 3.09 bits per heavy atom. The number of nitrogen functional groups attached to an aromatic ring is 1. The summed E-state index contributed by atoms with van der Waals surface area (Å²) in [7, 11) is 1.70. The maximum atomic E-state index is 13.6. The van der Waals surface area contributed by atoms with Gasteiger partial charge in [-0.3, -0.25) is 4.90 Å². The molecule has 122 valence electrons. The fourth-order valence-electron chi connectivity index (χ4n) is 3.15. The maximum Gasteiger partial charge on any atom is 0.220 e. The van der Waals surface area contributed by atoms with Gasteiger partial charge in [-0.2, -0.15) is 0 Å². The van der Waals surface area contributed by atoms with Crippen LogP contribution in [-0.4, -0.2) is 41.7 Å². The summed E-state index contributed by atoms with van der Waals surface area (Å²) in [6.07, 6.45) is 3.79. The van der Waals surface area contributed by atoms with Gasteiger partial charge < -0.3 is 10.5 Å². The lowest BCUT2D eigenvalue weighted by atomic mass is 10.00. The van der Waals surface area contributed by atoms with Crippen LogP contribution in [0.5, 0.6) is 0 Å². The van der Waals surface area contributed by atoms with Crippen LogP contribution in [0.3, 0.4) is 0 Å². The van der Waals surface area contributed by atoms with Crippen LogP contribution >= 0.6 is 0 Å². The molecule has 0 saturated carbocycles. The SMILES string of the molecule is COCCN1CCC[C@@H]1c1nc(N)ncc1-c1cccc(F)c1. The molecule has 1 saturated heterocycles. The standard InChI is InChI=1S/C17H21FN4O/c1-23-9-8-22-7-3-6-15(22)16-14(11-20-17(19)21-16)12-4-2-5-13(18)10-12/h2,4-5,10-11,15H,3,6-9H2,1H3,(H2,19,20,21)/t15-/m1/s1. The minimum atomic E-state index is -0.270. The van der Waals surface area contributed by atoms with E-state index in [2.05, 4.69) is 14.9 Å². The van der Waals surface area contributed by atoms with E-state index in [0.29, 0.717) is 6.61 Å². The minimum Gasteiger partial charge on any atom is -0.383 e. The summed E-state index contributed by atoms with van der Waals surface area (Å²) < 4.78 is 18.8. The van der Waals surface area contributed by atoms with E-state index in [1.165, 1.54) is 12.1 Å². The lowest BCUT2D eigenvalue weighted by Crippen LogP contribution is -2.28. The molecule has 1 atom stereocenters. The molecule has 0 radical (unpaired) electrons. The second-order valence-corrected chi connectivity index (χ2v) is 5.72. The van der Waals surface area contributed by atoms with Crippen molar-refractivity contribution in [3.05, 3.63) is 42.0 Å². The summed E-state index contributed by atoms with van der Waals surface area (Å²) in [5, 5.41) is 0. The third kappa shape index (κ3) is 3.48. The topological polar surface area (TPSA) is 64.3 Å². The maximum absolute atomic E-state index is 13.6. The molecular formula is C17H21FN4O. The number of hydrogen-bond acceptors (Lipinski definition) is 5. The first-order chi connectivity index (χ1) is 11.2. The van der Waals surface area contributed by atoms with Crippen molar-refractivity contribution in [1.29, 1.82) is 0 Å². The number of anilines is 1. The Hall–Kier alpha value is -2.05. The second-order valence-electron chi connectivity index (χ2n) is 5.72. The zero-order valence-electron chi connectivity index (χ0n) is 13.2. The van der Waals surface area contributed by atoms with Crippen molar-refractivity contribution in [1.82, 2.24) is 14.9 Å². The molecule has 0 spiro atoms. The molecular weight excluding hydrogens is 295 g/mol. The van der Waals surface area contributed by atoms with Gasteiger partial charge in [-0.15, -0.1) is 0 Å². The predicted molar refractivity (Wildman–Crippen MR) is 87.3 cm³/mol. The summed E-state index contributed by atoms with van der Waals surface area (Å²) in [4.78, 5) is 10.9. The third-order valence-electron chi connectivity index (χ3n) is 4.23. The van der Waals surface area contributed by atoms with Gasteiger partial charge in [-0.05, 0) is 37.1 Å². The quantitative estimate of drug-likeness (QED) is 0.918. The van der Waals surface area contributed by atoms with E-state index < -0.39 is 0 Å². The van der Waals surface area contributed by atoms with E-state index in [1.807, 2.05) is 6.07 Å². The van der Waals surface area contributed by atoms with E-state index in [9.17, 15) is 4.39 Å². The highest BCUT2D eigenvalue weighted by Crippen LogP contribution is 2.36. The molecule has 1 fully saturated rings. The zero-order valence-corrected chi connectivity index (χ0v) is 13.2. The minimum absolute atomic E-state index is 0.161. The number of ether oxygens (including phenoxy) is 1. The first kappa shape index (κ1) is 15.8. The van der Waals surface area contributed by atoms with Crippen LogP contribution in [0.2, 0.25) is 0 Å². The van der Waals surface area contributed by atoms with Crippen molar-refractivity contribution in [2.75, 3.05) is 32.5 Å². The van der Waals surface area contributed by atoms with Crippen LogP contribution in [0.15, 0.2) is 30.5 Å². The highest BCUT2D eigenvalue weighted by atomic mass is 19.1. The van der Waals surface area contributed by atoms with Crippen LogP contribution in [0, 0.1) is 5.82 Å². The molecule has 1 aromatic heterocycles. The number of hydrogen-bond donors (Lipinski definition) is 1. The largest absolute Gasteiger partial charge is 0.383 e. The number of likely N-dealkylation sites (tertiary alicyclic amines) is 1. The fourth-order valence-corrected chi connectivity index (χ4v) is 3.15. The third-order valence-corrected chi connectivity index (χ3v) is 4.23. The fraction of sp³-hybridized carbons (Fsp3) is 0.412. The van der Waals surface area contributed by atoms with Gasteiger partial charge in [0.25, 0.3) is 0 Å². The lowest BCUT2D eigenvalue weighted by molar-refractivity contribution is 0.140. The molecule has 0 bridgehead atoms. The van der Waals surface area contributed by atoms with Gasteiger partial charge in [0, 0.05) is 25.4 Å². The number of aromatic nitrogens is 2. The number of methoxy groups -OCH3 is 1. The van der Waals surface area contributed by atoms with E-state index in [0.717, 1.165) is 42.8 Å². The van der Waals surface area contributed by atoms with Crippen LogP contribution in [-0.2, 0) is 4.74 Å². The average Bonchev–Trinajstić information content (AvgIpc) is 3.01. The van der Waals surface area contributed by atoms with Crippen molar-refractivity contribution < 1.29 is 9.13 Å². The molecule has 2 N–H and O–H groups in total. The molecule has 1 aliphatic heterocycles. The number of nitrogens with two attached hydrogens (primary N) is 1. The van der Waals surface area contributed by atoms with Crippen molar-refractivity contribution in [2.24, 2.45) is 0 Å². The van der Waals surface area contributed by atoms with Gasteiger partial charge >= 0.3 is 0 Å². The van der Waals surface area contributed by atoms with Crippen LogP contribution < -0.4 is 5.73 Å². The first-order valence-corrected chi connectivity index (χ1v) is 7.80. The molecule has 0 aliphatic carbocycles. The van der Waals surface area contributed by atoms with Crippen LogP contribution in [0.4, 0.5) is 10.3 Å². The highest BCUT2D eigenvalue weighted by molar-refractivity contribution is 5.66. The van der Waals surface area contributed by atoms with Crippen LogP contribution in [0.1, 0.15) is 24.6 Å². The molecule has 2 heterocycles. The van der Waals surface area contributed by atoms with Gasteiger partial charge in [0.15, 0.2) is 0 Å². The van der Waals surface area contributed by atoms with Crippen molar-refractivity contribution >= 4 is 5.95 Å². The van der Waals surface area contributed by atoms with E-state index in [1.54, 1.807) is 19.4 Å². The Labute approximate surface area is 135 Å². The summed E-state index contributed by atoms with van der Waals surface area (Å²) in [5.41, 5.74) is 8.30. The number of rotatable bonds is 5. The molecule has 1 aromatic carbocycles. The van der Waals surface area contributed by atoms with Crippen molar-refractivity contribution in [3.63, 3.8) is 0 Å². The summed E-state index contributed by atoms with van der Waals surface area (Å²) in [6.45, 7) is 2.51. The van der Waals surface area contributed by atoms with Gasteiger partial charge in [-0.1, -0.05) is 12.1 Å². The Kier molecular flexibility index (Phi) is 4.83. The van der Waals surface area contributed by atoms with Gasteiger partial charge in [-0.25, -0.2) is 14.4 Å². The van der Waals surface area contributed by atoms with Crippen molar-refractivity contribution in [2.45, 2.75) is 18.9 Å². The smallest absolute Gasteiger partial charge is 0.220 e. The van der Waals surface area contributed by atoms with Crippen LogP contribution in [0.25, 0.3) is 11.1 Å². The molecule has 2 aromatic rings. The highest BCUT2D eigenvalue weighted by Gasteiger charge is 2.29. The molecule has 23 heavy (non-hydrogen) atoms. The zero-order chi connectivity index (χ0) is 16.2. The molecule has 6 heteroatoms. The predicted octanol–water partition coefficient (Wildman–Crippen LogP) is 2.65. The Morgan fingerprint density at radius 2 is 2.30 bits per heavy atom. The normalized spacial score (nSPS) is 18.4. The van der Waals surface area contributed by atoms with E-state index in [-0.39, 0.29) is 17.8 Å². The second kappa shape index (κ2) is 7.02. The number of benzene rings is 1. The number of halogens is 1. The first-order valence-electron chi connectivity index (χ1n) is 7.80. The van der Waals surface area contributed by atoms with E-state index >= 15 is 0 Å². The summed E-state index contributed by atoms with van der Waals surface area (Å²) in [5.74, 6) is -0.0216. The van der Waals surface area contributed by atoms with Crippen molar-refractivity contribution in [3.8, 4) is 11.1 Å². The summed E-state index contributed by atoms with van der Waals surface area (Å²) >= 11 is 0. The van der Waals surface area contributed by atoms with Gasteiger partial charge in [0.2, 0.25) is 5.95 Å². The number of nitrogens with zero attached hydrogens (tertiary/aromatic N) is 3. The Bertz CT molecular complexity index is 679. The Balaban J connectivity index is 1.99. The summed E-state index contributed by atoms with van der Waals surface area (Å²) in [6, 6.07) is 6.67. The average molecular weight is 316 g/mol.